The first-order valence-corrected chi connectivity index (χ1v) is 3.93. The fourth-order valence-corrected chi connectivity index (χ4v) is 1.24. The van der Waals surface area contributed by atoms with Crippen LogP contribution in [0.25, 0.3) is 0 Å². The normalized spacial score (nSPS) is 10.1. The molecule has 46 valence electrons. The van der Waals surface area contributed by atoms with Crippen LogP contribution in [0.1, 0.15) is 0 Å². The van der Waals surface area contributed by atoms with Gasteiger partial charge in [-0.2, -0.15) is 0 Å². The van der Waals surface area contributed by atoms with E-state index in [1.807, 2.05) is 0 Å². The highest BCUT2D eigenvalue weighted by Gasteiger charge is 2.06. The highest BCUT2D eigenvalue weighted by molar-refractivity contribution is 9.10. The fraction of sp³-hybridized carbons (Fsp3) is 0. The van der Waals surface area contributed by atoms with E-state index in [1.165, 1.54) is 0 Å². The highest BCUT2D eigenvalue weighted by Crippen LogP contribution is 1.95. The van der Waals surface area contributed by atoms with Crippen LogP contribution in [-0.2, 0) is 0 Å². The zero-order valence-electron chi connectivity index (χ0n) is 6.26. The van der Waals surface area contributed by atoms with Crippen molar-refractivity contribution in [2.24, 2.45) is 0 Å². The van der Waals surface area contributed by atoms with Crippen molar-refractivity contribution in [2.75, 3.05) is 0 Å². The average Bonchev–Trinajstić information content (AvgIpc) is 2.08. The number of hydrogen-bond donors (Lipinski definition) is 0. The molecular formula is C6B5Br. The van der Waals surface area contributed by atoms with E-state index in [-0.39, 0.29) is 16.4 Å². The van der Waals surface area contributed by atoms with Gasteiger partial charge in [0.05, 0.1) is 0 Å². The number of halogens is 1. The summed E-state index contributed by atoms with van der Waals surface area (Å²) >= 11 is 3.15. The Morgan fingerprint density at radius 3 is 1.17 bits per heavy atom. The number of rotatable bonds is 0. The van der Waals surface area contributed by atoms with Gasteiger partial charge in [0, 0.05) is 4.47 Å². The van der Waals surface area contributed by atoms with Crippen LogP contribution in [0, 0.1) is 0 Å². The van der Waals surface area contributed by atoms with Crippen molar-refractivity contribution in [3.63, 3.8) is 0 Å². The van der Waals surface area contributed by atoms with Gasteiger partial charge in [0.2, 0.25) is 0 Å². The molecule has 1 aromatic carbocycles. The quantitative estimate of drug-likeness (QED) is 0.385. The molecule has 0 nitrogen and oxygen atoms in total. The van der Waals surface area contributed by atoms with E-state index in [0.717, 1.165) is 0 Å². The Morgan fingerprint density at radius 2 is 0.833 bits per heavy atom. The lowest BCUT2D eigenvalue weighted by Gasteiger charge is -2.16. The second-order valence-electron chi connectivity index (χ2n) is 2.38. The van der Waals surface area contributed by atoms with Crippen LogP contribution in [0.15, 0.2) is 4.47 Å². The Bertz CT molecular complexity index is 230. The minimum Gasteiger partial charge on any atom is -0.111 e. The van der Waals surface area contributed by atoms with E-state index in [9.17, 15) is 0 Å². The highest BCUT2D eigenvalue weighted by atomic mass is 79.9. The van der Waals surface area contributed by atoms with Crippen LogP contribution >= 0.6 is 15.9 Å². The second-order valence-corrected chi connectivity index (χ2v) is 3.18. The molecule has 0 atom stereocenters. The van der Waals surface area contributed by atoms with Crippen LogP contribution in [0.2, 0.25) is 0 Å². The smallest absolute Gasteiger partial charge is 0.111 e. The van der Waals surface area contributed by atoms with E-state index >= 15 is 0 Å². The Morgan fingerprint density at radius 1 is 0.583 bits per heavy atom. The van der Waals surface area contributed by atoms with Gasteiger partial charge in [0.15, 0.2) is 0 Å². The first-order valence-electron chi connectivity index (χ1n) is 3.13. The molecule has 0 aliphatic carbocycles. The van der Waals surface area contributed by atoms with Gasteiger partial charge in [-0.1, -0.05) is 26.9 Å². The maximum atomic E-state index is 5.56. The van der Waals surface area contributed by atoms with E-state index in [4.69, 9.17) is 39.2 Å². The molecular weight excluding hydrogens is 206 g/mol. The zero-order valence-corrected chi connectivity index (χ0v) is 7.85. The summed E-state index contributed by atoms with van der Waals surface area (Å²) in [5, 5.41) is 0. The average molecular weight is 206 g/mol. The molecule has 1 rings (SSSR count). The van der Waals surface area contributed by atoms with Crippen molar-refractivity contribution < 1.29 is 0 Å². The van der Waals surface area contributed by atoms with Gasteiger partial charge in [-0.3, -0.25) is 0 Å². The summed E-state index contributed by atoms with van der Waals surface area (Å²) in [5.74, 6) is 0. The maximum absolute atomic E-state index is 5.56. The first kappa shape index (κ1) is 10.1. The van der Waals surface area contributed by atoms with Gasteiger partial charge >= 0.3 is 0 Å². The SMILES string of the molecule is [B]c1c([B])c([B])c(Br)c([B])c1[B]. The molecule has 0 heterocycles. The molecule has 1 aromatic rings. The van der Waals surface area contributed by atoms with Gasteiger partial charge in [-0.15, -0.1) is 16.4 Å². The van der Waals surface area contributed by atoms with Crippen LogP contribution < -0.4 is 27.3 Å². The Labute approximate surface area is 87.1 Å². The molecule has 0 spiro atoms. The predicted molar refractivity (Wildman–Crippen MR) is 61.1 cm³/mol. The number of hydrogen-bond acceptors (Lipinski definition) is 0. The largest absolute Gasteiger partial charge is 0.114 e. The van der Waals surface area contributed by atoms with Crippen LogP contribution in [0.3, 0.4) is 0 Å². The van der Waals surface area contributed by atoms with Crippen molar-refractivity contribution in [2.45, 2.75) is 0 Å². The summed E-state index contributed by atoms with van der Waals surface area (Å²) in [6.07, 6.45) is 0. The van der Waals surface area contributed by atoms with Crippen molar-refractivity contribution in [3.8, 4) is 0 Å². The van der Waals surface area contributed by atoms with Gasteiger partial charge < -0.3 is 0 Å². The van der Waals surface area contributed by atoms with E-state index in [2.05, 4.69) is 15.9 Å². The van der Waals surface area contributed by atoms with E-state index < -0.39 is 0 Å². The Hall–Kier alpha value is 0.0247. The molecule has 0 unspecified atom stereocenters. The molecule has 0 saturated heterocycles. The molecule has 0 bridgehead atoms. The third-order valence-corrected chi connectivity index (χ3v) is 2.49. The minimum atomic E-state index is 0.230. The van der Waals surface area contributed by atoms with Crippen molar-refractivity contribution >= 4 is 82.5 Å². The summed E-state index contributed by atoms with van der Waals surface area (Å²) in [6.45, 7) is 0. The monoisotopic (exact) mass is 206 g/mol. The van der Waals surface area contributed by atoms with Gasteiger partial charge in [0.25, 0.3) is 0 Å². The lowest BCUT2D eigenvalue weighted by molar-refractivity contribution is 1.95. The third kappa shape index (κ3) is 1.41. The van der Waals surface area contributed by atoms with Crippen molar-refractivity contribution in [1.82, 2.24) is 0 Å². The second kappa shape index (κ2) is 3.41. The minimum absolute atomic E-state index is 0.230. The molecule has 6 heteroatoms. The fourth-order valence-electron chi connectivity index (χ4n) is 0.817. The molecule has 0 fully saturated rings. The van der Waals surface area contributed by atoms with E-state index in [0.29, 0.717) is 15.4 Å². The summed E-state index contributed by atoms with van der Waals surface area (Å²) < 4.78 is 0.492. The first-order chi connectivity index (χ1) is 5.46. The van der Waals surface area contributed by atoms with Gasteiger partial charge in [-0.05, 0) is 0 Å². The summed E-state index contributed by atoms with van der Waals surface area (Å²) in [4.78, 5) is 0. The summed E-state index contributed by atoms with van der Waals surface area (Å²) in [7, 11) is 27.7. The lowest BCUT2D eigenvalue weighted by Crippen LogP contribution is -2.54. The zero-order chi connectivity index (χ0) is 9.46. The molecule has 12 heavy (non-hydrogen) atoms. The van der Waals surface area contributed by atoms with Crippen LogP contribution in [0.4, 0.5) is 0 Å². The standard InChI is InChI=1S/C6B5Br/c7-1-2(8)4(10)6(12)5(11)3(1)9. The Balaban J connectivity index is 3.60. The predicted octanol–water partition coefficient (Wildman–Crippen LogP) is -3.58. The molecule has 0 aromatic heterocycles. The molecule has 0 aliphatic heterocycles. The van der Waals surface area contributed by atoms with Crippen LogP contribution in [0.5, 0.6) is 0 Å². The molecule has 0 aliphatic rings. The lowest BCUT2D eigenvalue weighted by atomic mass is 9.63. The Kier molecular flexibility index (Phi) is 2.87. The van der Waals surface area contributed by atoms with E-state index in [1.54, 1.807) is 0 Å². The summed E-state index contributed by atoms with van der Waals surface area (Å²) in [5.41, 5.74) is 1.38. The summed E-state index contributed by atoms with van der Waals surface area (Å²) in [6, 6.07) is 0. The van der Waals surface area contributed by atoms with Crippen LogP contribution in [-0.4, -0.2) is 39.2 Å². The molecule has 0 saturated carbocycles. The molecule has 10 radical (unpaired) electrons. The van der Waals surface area contributed by atoms with Gasteiger partial charge in [0.1, 0.15) is 39.2 Å². The third-order valence-electron chi connectivity index (χ3n) is 1.63. The topological polar surface area (TPSA) is 0 Å². The molecule has 0 amide bonds. The van der Waals surface area contributed by atoms with Crippen molar-refractivity contribution in [3.05, 3.63) is 4.47 Å². The maximum Gasteiger partial charge on any atom is 0.114 e. The van der Waals surface area contributed by atoms with Gasteiger partial charge in [-0.25, -0.2) is 0 Å². The molecule has 0 N–H and O–H groups in total. The number of benzene rings is 1. The van der Waals surface area contributed by atoms with Crippen molar-refractivity contribution in [1.29, 1.82) is 0 Å².